The Balaban J connectivity index is 1.73. The summed E-state index contributed by atoms with van der Waals surface area (Å²) in [6, 6.07) is 4.38. The number of ether oxygens (including phenoxy) is 2. The summed E-state index contributed by atoms with van der Waals surface area (Å²) in [5.74, 6) is 0.400. The van der Waals surface area contributed by atoms with Crippen LogP contribution in [-0.2, 0) is 4.74 Å². The SMILES string of the molecule is O=C(Oc1ccc(Cl)c(Cl)c1)N1CCN(CC2CCOC2)C1=N[N+](=O)[O-]. The van der Waals surface area contributed by atoms with Gasteiger partial charge < -0.3 is 14.4 Å². The van der Waals surface area contributed by atoms with E-state index in [1.54, 1.807) is 4.90 Å². The second-order valence-corrected chi connectivity index (χ2v) is 6.72. The van der Waals surface area contributed by atoms with Gasteiger partial charge in [-0.1, -0.05) is 23.2 Å². The third-order valence-electron chi connectivity index (χ3n) is 4.11. The van der Waals surface area contributed by atoms with E-state index in [0.717, 1.165) is 11.3 Å². The Hall–Kier alpha value is -2.10. The van der Waals surface area contributed by atoms with Crippen LogP contribution in [0.25, 0.3) is 0 Å². The molecule has 3 rings (SSSR count). The van der Waals surface area contributed by atoms with Crippen LogP contribution in [0.15, 0.2) is 23.3 Å². The van der Waals surface area contributed by atoms with Gasteiger partial charge in [0.2, 0.25) is 0 Å². The van der Waals surface area contributed by atoms with Gasteiger partial charge in [0.25, 0.3) is 5.96 Å². The van der Waals surface area contributed by atoms with Crippen molar-refractivity contribution >= 4 is 35.3 Å². The summed E-state index contributed by atoms with van der Waals surface area (Å²) in [5, 5.41) is 14.0. The first kappa shape index (κ1) is 18.7. The van der Waals surface area contributed by atoms with Crippen molar-refractivity contribution in [1.82, 2.24) is 9.80 Å². The zero-order valence-corrected chi connectivity index (χ0v) is 15.1. The van der Waals surface area contributed by atoms with Crippen LogP contribution in [0, 0.1) is 16.0 Å². The lowest BCUT2D eigenvalue weighted by Gasteiger charge is -2.21. The van der Waals surface area contributed by atoms with E-state index in [9.17, 15) is 14.9 Å². The molecule has 1 amide bonds. The summed E-state index contributed by atoms with van der Waals surface area (Å²) in [6.07, 6.45) is 0.102. The Bertz CT molecular complexity index is 739. The van der Waals surface area contributed by atoms with Crippen LogP contribution in [0.1, 0.15) is 6.42 Å². The summed E-state index contributed by atoms with van der Waals surface area (Å²) in [7, 11) is 0. The number of hydrogen-bond acceptors (Lipinski definition) is 5. The van der Waals surface area contributed by atoms with Gasteiger partial charge in [-0.15, -0.1) is 0 Å². The zero-order valence-electron chi connectivity index (χ0n) is 13.6. The molecule has 2 aliphatic heterocycles. The molecule has 140 valence electrons. The van der Waals surface area contributed by atoms with Crippen LogP contribution in [0.4, 0.5) is 4.79 Å². The van der Waals surface area contributed by atoms with Gasteiger partial charge in [-0.25, -0.2) is 19.8 Å². The van der Waals surface area contributed by atoms with Crippen molar-refractivity contribution < 1.29 is 19.3 Å². The van der Waals surface area contributed by atoms with Crippen LogP contribution in [0.3, 0.4) is 0 Å². The minimum absolute atomic E-state index is 0.0352. The number of benzene rings is 1. The maximum atomic E-state index is 12.5. The van der Waals surface area contributed by atoms with Crippen molar-refractivity contribution in [2.75, 3.05) is 32.8 Å². The second kappa shape index (κ2) is 8.07. The molecule has 0 radical (unpaired) electrons. The quantitative estimate of drug-likeness (QED) is 0.567. The predicted molar refractivity (Wildman–Crippen MR) is 94.1 cm³/mol. The molecule has 0 spiro atoms. The molecule has 26 heavy (non-hydrogen) atoms. The first-order valence-corrected chi connectivity index (χ1v) is 8.69. The highest BCUT2D eigenvalue weighted by molar-refractivity contribution is 6.42. The highest BCUT2D eigenvalue weighted by Crippen LogP contribution is 2.27. The number of nitro groups is 1. The lowest BCUT2D eigenvalue weighted by Crippen LogP contribution is -2.41. The molecule has 0 saturated carbocycles. The number of hydrogen-bond donors (Lipinski definition) is 0. The molecule has 11 heteroatoms. The van der Waals surface area contributed by atoms with E-state index in [0.29, 0.717) is 31.3 Å². The number of rotatable bonds is 4. The lowest BCUT2D eigenvalue weighted by molar-refractivity contribution is -0.486. The summed E-state index contributed by atoms with van der Waals surface area (Å²) >= 11 is 11.7. The average molecular weight is 403 g/mol. The highest BCUT2D eigenvalue weighted by atomic mass is 35.5. The molecular formula is C15H16Cl2N4O5. The molecule has 2 aliphatic rings. The van der Waals surface area contributed by atoms with Crippen molar-refractivity contribution in [3.05, 3.63) is 38.4 Å². The summed E-state index contributed by atoms with van der Waals surface area (Å²) < 4.78 is 10.6. The summed E-state index contributed by atoms with van der Waals surface area (Å²) in [4.78, 5) is 26.2. The largest absolute Gasteiger partial charge is 0.422 e. The van der Waals surface area contributed by atoms with Gasteiger partial charge >= 0.3 is 6.09 Å². The smallest absolute Gasteiger partial charge is 0.410 e. The van der Waals surface area contributed by atoms with E-state index in [2.05, 4.69) is 5.10 Å². The molecule has 2 saturated heterocycles. The van der Waals surface area contributed by atoms with Crippen LogP contribution < -0.4 is 4.74 Å². The van der Waals surface area contributed by atoms with Crippen molar-refractivity contribution in [2.24, 2.45) is 11.0 Å². The van der Waals surface area contributed by atoms with E-state index in [-0.39, 0.29) is 29.2 Å². The van der Waals surface area contributed by atoms with E-state index in [1.807, 2.05) is 0 Å². The zero-order chi connectivity index (χ0) is 18.7. The van der Waals surface area contributed by atoms with E-state index >= 15 is 0 Å². The van der Waals surface area contributed by atoms with Crippen molar-refractivity contribution in [1.29, 1.82) is 0 Å². The van der Waals surface area contributed by atoms with Crippen LogP contribution in [-0.4, -0.2) is 59.7 Å². The standard InChI is InChI=1S/C15H16Cl2N4O5/c16-12-2-1-11(7-13(12)17)26-15(22)20-5-4-19(14(20)18-21(23)24)8-10-3-6-25-9-10/h1-2,7,10H,3-6,8-9H2. The molecule has 9 nitrogen and oxygen atoms in total. The Morgan fingerprint density at radius 3 is 2.85 bits per heavy atom. The number of carbonyl (C=O) groups excluding carboxylic acids is 1. The van der Waals surface area contributed by atoms with Gasteiger partial charge in [0, 0.05) is 31.7 Å². The first-order chi connectivity index (χ1) is 12.4. The van der Waals surface area contributed by atoms with Crippen molar-refractivity contribution in [2.45, 2.75) is 6.42 Å². The molecule has 1 atom stereocenters. The van der Waals surface area contributed by atoms with Gasteiger partial charge in [-0.05, 0) is 18.6 Å². The Morgan fingerprint density at radius 1 is 1.38 bits per heavy atom. The van der Waals surface area contributed by atoms with Gasteiger partial charge in [-0.3, -0.25) is 0 Å². The minimum Gasteiger partial charge on any atom is -0.410 e. The van der Waals surface area contributed by atoms with E-state index in [4.69, 9.17) is 32.7 Å². The molecule has 0 aliphatic carbocycles. The molecular weight excluding hydrogens is 387 g/mol. The third-order valence-corrected chi connectivity index (χ3v) is 4.85. The van der Waals surface area contributed by atoms with Crippen LogP contribution in [0.5, 0.6) is 5.75 Å². The highest BCUT2D eigenvalue weighted by Gasteiger charge is 2.37. The molecule has 1 aromatic rings. The number of guanidine groups is 1. The van der Waals surface area contributed by atoms with E-state index in [1.165, 1.54) is 18.2 Å². The number of carbonyl (C=O) groups is 1. The minimum atomic E-state index is -0.821. The molecule has 1 aromatic carbocycles. The van der Waals surface area contributed by atoms with Gasteiger partial charge in [-0.2, -0.15) is 0 Å². The number of halogens is 2. The maximum absolute atomic E-state index is 12.5. The van der Waals surface area contributed by atoms with Crippen molar-refractivity contribution in [3.63, 3.8) is 0 Å². The summed E-state index contributed by atoms with van der Waals surface area (Å²) in [6.45, 7) is 2.46. The molecule has 0 N–H and O–H groups in total. The number of hydrazone groups is 1. The Labute approximate surface area is 159 Å². The fourth-order valence-corrected chi connectivity index (χ4v) is 3.15. The second-order valence-electron chi connectivity index (χ2n) is 5.91. The predicted octanol–water partition coefficient (Wildman–Crippen LogP) is 2.69. The first-order valence-electron chi connectivity index (χ1n) is 7.94. The average Bonchev–Trinajstić information content (AvgIpc) is 3.22. The molecule has 0 bridgehead atoms. The normalized spacial score (nSPS) is 21.5. The Morgan fingerprint density at radius 2 is 2.19 bits per heavy atom. The molecule has 1 unspecified atom stereocenters. The fourth-order valence-electron chi connectivity index (χ4n) is 2.86. The number of amides is 1. The van der Waals surface area contributed by atoms with Crippen molar-refractivity contribution in [3.8, 4) is 5.75 Å². The van der Waals surface area contributed by atoms with Crippen LogP contribution >= 0.6 is 23.2 Å². The fraction of sp³-hybridized carbons (Fsp3) is 0.467. The molecule has 2 heterocycles. The third kappa shape index (κ3) is 4.35. The summed E-state index contributed by atoms with van der Waals surface area (Å²) in [5.41, 5.74) is 0. The monoisotopic (exact) mass is 402 g/mol. The van der Waals surface area contributed by atoms with Gasteiger partial charge in [0.15, 0.2) is 5.03 Å². The van der Waals surface area contributed by atoms with Crippen LogP contribution in [0.2, 0.25) is 10.0 Å². The van der Waals surface area contributed by atoms with E-state index < -0.39 is 11.1 Å². The maximum Gasteiger partial charge on any atom is 0.422 e. The molecule has 2 fully saturated rings. The van der Waals surface area contributed by atoms with Gasteiger partial charge in [0.1, 0.15) is 10.9 Å². The van der Waals surface area contributed by atoms with Gasteiger partial charge in [0.05, 0.1) is 23.2 Å². The number of nitrogens with zero attached hydrogens (tertiary/aromatic N) is 4. The Kier molecular flexibility index (Phi) is 5.80. The lowest BCUT2D eigenvalue weighted by atomic mass is 10.1. The molecule has 0 aromatic heterocycles. The topological polar surface area (TPSA) is 97.5 Å².